The van der Waals surface area contributed by atoms with Crippen molar-refractivity contribution < 1.29 is 4.79 Å². The molecule has 6 heteroatoms. The number of carbonyl (C=O) groups is 1. The fourth-order valence-corrected chi connectivity index (χ4v) is 4.38. The van der Waals surface area contributed by atoms with Gasteiger partial charge in [0.15, 0.2) is 0 Å². The van der Waals surface area contributed by atoms with E-state index >= 15 is 0 Å². The molecule has 2 heterocycles. The third-order valence-corrected chi connectivity index (χ3v) is 5.90. The molecule has 3 aromatic rings. The highest BCUT2D eigenvalue weighted by atomic mass is 35.5. The van der Waals surface area contributed by atoms with E-state index in [-0.39, 0.29) is 12.1 Å². The standard InChI is InChI=1S/C22H22ClN3OS/c1-13(2)25-22(27)26-17-5-6-18(19(23)11-17)21-10-16(12-28-21)15-7-8-24-20(9-15)14-3-4-14/h5-14H,3-4H2,1-2H3,(H2,25,26,27). The van der Waals surface area contributed by atoms with Crippen LogP contribution in [0.2, 0.25) is 5.02 Å². The van der Waals surface area contributed by atoms with Gasteiger partial charge in [-0.1, -0.05) is 11.6 Å². The van der Waals surface area contributed by atoms with Gasteiger partial charge < -0.3 is 10.6 Å². The van der Waals surface area contributed by atoms with Crippen LogP contribution in [0.15, 0.2) is 48.0 Å². The van der Waals surface area contributed by atoms with Crippen molar-refractivity contribution in [3.05, 3.63) is 58.7 Å². The molecule has 0 atom stereocenters. The summed E-state index contributed by atoms with van der Waals surface area (Å²) in [6.07, 6.45) is 4.39. The summed E-state index contributed by atoms with van der Waals surface area (Å²) in [5, 5.41) is 8.38. The molecule has 2 N–H and O–H groups in total. The lowest BCUT2D eigenvalue weighted by atomic mass is 10.1. The van der Waals surface area contributed by atoms with Crippen molar-refractivity contribution in [3.63, 3.8) is 0 Å². The van der Waals surface area contributed by atoms with Crippen LogP contribution in [0.25, 0.3) is 21.6 Å². The minimum atomic E-state index is -0.235. The highest BCUT2D eigenvalue weighted by Crippen LogP contribution is 2.41. The van der Waals surface area contributed by atoms with Crippen LogP contribution in [0.3, 0.4) is 0 Å². The summed E-state index contributed by atoms with van der Waals surface area (Å²) in [5.41, 5.74) is 5.20. The summed E-state index contributed by atoms with van der Waals surface area (Å²) in [7, 11) is 0. The number of nitrogens with one attached hydrogen (secondary N) is 2. The molecule has 0 unspecified atom stereocenters. The number of rotatable bonds is 5. The zero-order valence-corrected chi connectivity index (χ0v) is 17.4. The summed E-state index contributed by atoms with van der Waals surface area (Å²) < 4.78 is 0. The Morgan fingerprint density at radius 1 is 1.18 bits per heavy atom. The molecule has 0 saturated heterocycles. The van der Waals surface area contributed by atoms with E-state index in [0.29, 0.717) is 16.6 Å². The predicted octanol–water partition coefficient (Wildman–Crippen LogP) is 6.54. The van der Waals surface area contributed by atoms with E-state index in [2.05, 4.69) is 39.2 Å². The minimum absolute atomic E-state index is 0.0768. The number of thiophene rings is 1. The van der Waals surface area contributed by atoms with Crippen molar-refractivity contribution in [1.29, 1.82) is 0 Å². The minimum Gasteiger partial charge on any atom is -0.336 e. The molecule has 144 valence electrons. The van der Waals surface area contributed by atoms with E-state index in [0.717, 1.165) is 10.4 Å². The van der Waals surface area contributed by atoms with Gasteiger partial charge in [-0.05, 0) is 79.6 Å². The Labute approximate surface area is 174 Å². The molecule has 1 aromatic carbocycles. The lowest BCUT2D eigenvalue weighted by Gasteiger charge is -2.11. The van der Waals surface area contributed by atoms with Crippen LogP contribution >= 0.6 is 22.9 Å². The first-order valence-electron chi connectivity index (χ1n) is 9.42. The van der Waals surface area contributed by atoms with E-state index in [1.54, 1.807) is 17.4 Å². The molecule has 28 heavy (non-hydrogen) atoms. The Bertz CT molecular complexity index is 1010. The fraction of sp³-hybridized carbons (Fsp3) is 0.273. The molecule has 0 aliphatic heterocycles. The maximum absolute atomic E-state index is 11.9. The zero-order chi connectivity index (χ0) is 19.7. The van der Waals surface area contributed by atoms with Crippen molar-refractivity contribution in [3.8, 4) is 21.6 Å². The average Bonchev–Trinajstić information content (AvgIpc) is 3.39. The predicted molar refractivity (Wildman–Crippen MR) is 117 cm³/mol. The Balaban J connectivity index is 1.53. The third kappa shape index (κ3) is 4.37. The molecule has 1 aliphatic rings. The fourth-order valence-electron chi connectivity index (χ4n) is 3.08. The molecular weight excluding hydrogens is 390 g/mol. The largest absolute Gasteiger partial charge is 0.336 e. The van der Waals surface area contributed by atoms with E-state index < -0.39 is 0 Å². The number of urea groups is 1. The third-order valence-electron chi connectivity index (χ3n) is 4.62. The molecule has 0 spiro atoms. The van der Waals surface area contributed by atoms with Gasteiger partial charge >= 0.3 is 6.03 Å². The van der Waals surface area contributed by atoms with Gasteiger partial charge in [0.1, 0.15) is 0 Å². The van der Waals surface area contributed by atoms with Gasteiger partial charge in [-0.25, -0.2) is 4.79 Å². The molecule has 1 fully saturated rings. The van der Waals surface area contributed by atoms with Gasteiger partial charge in [-0.15, -0.1) is 11.3 Å². The Kier molecular flexibility index (Phi) is 5.38. The number of nitrogens with zero attached hydrogens (tertiary/aromatic N) is 1. The Morgan fingerprint density at radius 2 is 2.00 bits per heavy atom. The lowest BCUT2D eigenvalue weighted by Crippen LogP contribution is -2.34. The van der Waals surface area contributed by atoms with Crippen molar-refractivity contribution in [2.75, 3.05) is 5.32 Å². The number of carbonyl (C=O) groups excluding carboxylic acids is 1. The Hall–Kier alpha value is -2.37. The second-order valence-corrected chi connectivity index (χ2v) is 8.71. The molecular formula is C22H22ClN3OS. The summed E-state index contributed by atoms with van der Waals surface area (Å²) in [6.45, 7) is 3.83. The van der Waals surface area contributed by atoms with Gasteiger partial charge in [-0.3, -0.25) is 4.98 Å². The summed E-state index contributed by atoms with van der Waals surface area (Å²) >= 11 is 8.17. The van der Waals surface area contributed by atoms with E-state index in [1.807, 2.05) is 32.2 Å². The average molecular weight is 412 g/mol. The Morgan fingerprint density at radius 3 is 2.71 bits per heavy atom. The van der Waals surface area contributed by atoms with Gasteiger partial charge in [-0.2, -0.15) is 0 Å². The first-order chi connectivity index (χ1) is 13.5. The molecule has 0 radical (unpaired) electrons. The maximum Gasteiger partial charge on any atom is 0.319 e. The molecule has 4 rings (SSSR count). The van der Waals surface area contributed by atoms with Crippen LogP contribution in [0.1, 0.15) is 38.3 Å². The number of aromatic nitrogens is 1. The van der Waals surface area contributed by atoms with Crippen molar-refractivity contribution in [1.82, 2.24) is 10.3 Å². The van der Waals surface area contributed by atoms with Gasteiger partial charge in [0.05, 0.1) is 5.02 Å². The van der Waals surface area contributed by atoms with Gasteiger partial charge in [0.25, 0.3) is 0 Å². The van der Waals surface area contributed by atoms with Crippen LogP contribution < -0.4 is 10.6 Å². The molecule has 0 bridgehead atoms. The summed E-state index contributed by atoms with van der Waals surface area (Å²) in [5.74, 6) is 0.639. The summed E-state index contributed by atoms with van der Waals surface area (Å²) in [4.78, 5) is 17.5. The topological polar surface area (TPSA) is 54.0 Å². The van der Waals surface area contributed by atoms with Crippen LogP contribution in [-0.4, -0.2) is 17.1 Å². The zero-order valence-electron chi connectivity index (χ0n) is 15.8. The molecule has 1 saturated carbocycles. The van der Waals surface area contributed by atoms with Crippen molar-refractivity contribution >= 4 is 34.7 Å². The van der Waals surface area contributed by atoms with Crippen molar-refractivity contribution in [2.24, 2.45) is 0 Å². The number of halogens is 1. The van der Waals surface area contributed by atoms with E-state index in [9.17, 15) is 4.79 Å². The molecule has 4 nitrogen and oxygen atoms in total. The molecule has 2 amide bonds. The number of hydrogen-bond donors (Lipinski definition) is 2. The number of benzene rings is 1. The van der Waals surface area contributed by atoms with Gasteiger partial charge in [0.2, 0.25) is 0 Å². The van der Waals surface area contributed by atoms with Crippen molar-refractivity contribution in [2.45, 2.75) is 38.6 Å². The van der Waals surface area contributed by atoms with Crippen LogP contribution in [-0.2, 0) is 0 Å². The molecule has 1 aliphatic carbocycles. The monoisotopic (exact) mass is 411 g/mol. The van der Waals surface area contributed by atoms with Crippen LogP contribution in [0.4, 0.5) is 10.5 Å². The highest BCUT2D eigenvalue weighted by molar-refractivity contribution is 7.14. The number of anilines is 1. The van der Waals surface area contributed by atoms with Crippen LogP contribution in [0, 0.1) is 0 Å². The second kappa shape index (κ2) is 7.94. The first kappa shape index (κ1) is 19.0. The quantitative estimate of drug-likeness (QED) is 0.500. The first-order valence-corrected chi connectivity index (χ1v) is 10.7. The summed E-state index contributed by atoms with van der Waals surface area (Å²) in [6, 6.07) is 11.9. The smallest absolute Gasteiger partial charge is 0.319 e. The maximum atomic E-state index is 11.9. The number of amides is 2. The molecule has 2 aromatic heterocycles. The van der Waals surface area contributed by atoms with E-state index in [4.69, 9.17) is 11.6 Å². The SMILES string of the molecule is CC(C)NC(=O)Nc1ccc(-c2cc(-c3ccnc(C4CC4)c3)cs2)c(Cl)c1. The van der Waals surface area contributed by atoms with Gasteiger partial charge in [0, 0.05) is 40.0 Å². The van der Waals surface area contributed by atoms with Crippen LogP contribution in [0.5, 0.6) is 0 Å². The van der Waals surface area contributed by atoms with E-state index in [1.165, 1.54) is 29.7 Å². The highest BCUT2D eigenvalue weighted by Gasteiger charge is 2.25. The number of hydrogen-bond acceptors (Lipinski definition) is 3. The second-order valence-electron chi connectivity index (χ2n) is 7.39. The lowest BCUT2D eigenvalue weighted by molar-refractivity contribution is 0.250. The number of pyridine rings is 1. The normalized spacial score (nSPS) is 13.6.